The summed E-state index contributed by atoms with van der Waals surface area (Å²) in [6.07, 6.45) is 3.40. The second kappa shape index (κ2) is 4.57. The number of nitrogens with zero attached hydrogens (tertiary/aromatic N) is 3. The minimum Gasteiger partial charge on any atom is -0.272 e. The Morgan fingerprint density at radius 1 is 1.44 bits per heavy atom. The monoisotopic (exact) mass is 217 g/mol. The number of aromatic nitrogens is 3. The molecule has 5 nitrogen and oxygen atoms in total. The molecule has 0 saturated heterocycles. The van der Waals surface area contributed by atoms with Crippen LogP contribution in [0.5, 0.6) is 0 Å². The maximum atomic E-state index is 10.8. The van der Waals surface area contributed by atoms with Gasteiger partial charge in [-0.25, -0.2) is 4.57 Å². The molecule has 2 aromatic rings. The lowest BCUT2D eigenvalue weighted by Gasteiger charge is -1.96. The first kappa shape index (κ1) is 10.4. The Morgan fingerprint density at radius 3 is 2.88 bits per heavy atom. The van der Waals surface area contributed by atoms with Crippen LogP contribution in [0, 0.1) is 0 Å². The minimum atomic E-state index is -0.144. The van der Waals surface area contributed by atoms with E-state index in [4.69, 9.17) is 0 Å². The number of amides is 1. The molecule has 1 aromatic carbocycles. The maximum absolute atomic E-state index is 10.8. The zero-order chi connectivity index (χ0) is 11.4. The molecule has 82 valence electrons. The first-order valence-corrected chi connectivity index (χ1v) is 4.99. The van der Waals surface area contributed by atoms with Crippen molar-refractivity contribution < 1.29 is 9.36 Å². The van der Waals surface area contributed by atoms with Crippen molar-refractivity contribution in [3.05, 3.63) is 48.5 Å². The van der Waals surface area contributed by atoms with Crippen LogP contribution in [0.4, 0.5) is 0 Å². The molecule has 0 radical (unpaired) electrons. The van der Waals surface area contributed by atoms with Gasteiger partial charge in [0.05, 0.1) is 11.6 Å². The third-order valence-corrected chi connectivity index (χ3v) is 2.06. The van der Waals surface area contributed by atoms with Crippen molar-refractivity contribution in [2.45, 2.75) is 13.5 Å². The van der Waals surface area contributed by atoms with Gasteiger partial charge in [0.25, 0.3) is 12.7 Å². The van der Waals surface area contributed by atoms with Gasteiger partial charge < -0.3 is 0 Å². The molecule has 0 unspecified atom stereocenters. The first-order chi connectivity index (χ1) is 7.74. The van der Waals surface area contributed by atoms with Gasteiger partial charge in [-0.3, -0.25) is 4.79 Å². The van der Waals surface area contributed by atoms with Crippen LogP contribution in [0.15, 0.2) is 43.0 Å². The van der Waals surface area contributed by atoms with Gasteiger partial charge in [-0.05, 0) is 10.4 Å². The van der Waals surface area contributed by atoms with E-state index in [2.05, 4.69) is 10.5 Å². The van der Waals surface area contributed by atoms with Crippen LogP contribution in [0.25, 0.3) is 0 Å². The molecule has 16 heavy (non-hydrogen) atoms. The summed E-state index contributed by atoms with van der Waals surface area (Å²) in [6.45, 7) is 2.18. The fourth-order valence-corrected chi connectivity index (χ4v) is 1.42. The minimum absolute atomic E-state index is 0.144. The van der Waals surface area contributed by atoms with Crippen LogP contribution in [-0.2, 0) is 11.3 Å². The van der Waals surface area contributed by atoms with Crippen LogP contribution < -0.4 is 9.99 Å². The normalized spacial score (nSPS) is 10.1. The van der Waals surface area contributed by atoms with E-state index < -0.39 is 0 Å². The smallest absolute Gasteiger partial charge is 0.268 e. The van der Waals surface area contributed by atoms with E-state index in [9.17, 15) is 4.79 Å². The molecule has 1 aromatic heterocycles. The van der Waals surface area contributed by atoms with Crippen molar-refractivity contribution in [2.24, 2.45) is 0 Å². The number of benzene rings is 1. The van der Waals surface area contributed by atoms with Crippen molar-refractivity contribution in [1.82, 2.24) is 9.89 Å². The molecule has 0 aliphatic heterocycles. The molecule has 0 fully saturated rings. The highest BCUT2D eigenvalue weighted by atomic mass is 16.2. The van der Waals surface area contributed by atoms with E-state index in [0.29, 0.717) is 0 Å². The molecular weight excluding hydrogens is 204 g/mol. The summed E-state index contributed by atoms with van der Waals surface area (Å²) < 4.78 is 1.89. The lowest BCUT2D eigenvalue weighted by atomic mass is 10.2. The Kier molecular flexibility index (Phi) is 2.95. The van der Waals surface area contributed by atoms with E-state index in [1.54, 1.807) is 12.7 Å². The third kappa shape index (κ3) is 2.66. The molecule has 2 rings (SSSR count). The van der Waals surface area contributed by atoms with Gasteiger partial charge >= 0.3 is 0 Å². The summed E-state index contributed by atoms with van der Waals surface area (Å²) in [6, 6.07) is 10.1. The number of nitrogens with one attached hydrogen (secondary N) is 1. The number of hydrogen-bond acceptors (Lipinski definition) is 2. The molecule has 5 heteroatoms. The lowest BCUT2D eigenvalue weighted by Crippen LogP contribution is -2.32. The van der Waals surface area contributed by atoms with Gasteiger partial charge in [-0.2, -0.15) is 5.43 Å². The Balaban J connectivity index is 2.06. The van der Waals surface area contributed by atoms with E-state index in [0.717, 1.165) is 6.54 Å². The van der Waals surface area contributed by atoms with Gasteiger partial charge in [-0.1, -0.05) is 30.3 Å². The Bertz CT molecular complexity index is 478. The molecule has 1 amide bonds. The van der Waals surface area contributed by atoms with Crippen molar-refractivity contribution in [2.75, 3.05) is 5.43 Å². The highest BCUT2D eigenvalue weighted by Crippen LogP contribution is 1.96. The standard InChI is InChI=1S/C11H12N4O/c1-10(16)13-15-9-14(8-12-15)7-11-5-3-2-4-6-11/h2-6,8-9H,7H2,1H3/p+1. The summed E-state index contributed by atoms with van der Waals surface area (Å²) in [5.41, 5.74) is 3.75. The largest absolute Gasteiger partial charge is 0.272 e. The van der Waals surface area contributed by atoms with Crippen molar-refractivity contribution in [1.29, 1.82) is 0 Å². The average Bonchev–Trinajstić information content (AvgIpc) is 2.66. The van der Waals surface area contributed by atoms with Crippen LogP contribution in [0.2, 0.25) is 0 Å². The van der Waals surface area contributed by atoms with Gasteiger partial charge in [0.1, 0.15) is 0 Å². The molecule has 0 atom stereocenters. The fourth-order valence-electron chi connectivity index (χ4n) is 1.42. The van der Waals surface area contributed by atoms with Crippen molar-refractivity contribution in [3.8, 4) is 0 Å². The Morgan fingerprint density at radius 2 is 2.19 bits per heavy atom. The van der Waals surface area contributed by atoms with Crippen LogP contribution in [0.3, 0.4) is 0 Å². The zero-order valence-electron chi connectivity index (χ0n) is 9.00. The number of hydrogen-bond donors (Lipinski definition) is 1. The molecule has 0 aliphatic carbocycles. The van der Waals surface area contributed by atoms with Gasteiger partial charge in [0.15, 0.2) is 0 Å². The maximum Gasteiger partial charge on any atom is 0.268 e. The molecule has 0 bridgehead atoms. The van der Waals surface area contributed by atoms with Crippen molar-refractivity contribution >= 4 is 5.91 Å². The highest BCUT2D eigenvalue weighted by molar-refractivity contribution is 5.80. The average molecular weight is 217 g/mol. The quantitative estimate of drug-likeness (QED) is 0.752. The fraction of sp³-hybridized carbons (Fsp3) is 0.182. The predicted octanol–water partition coefficient (Wildman–Crippen LogP) is 0.309. The molecule has 0 saturated carbocycles. The van der Waals surface area contributed by atoms with Crippen molar-refractivity contribution in [3.63, 3.8) is 0 Å². The van der Waals surface area contributed by atoms with Crippen LogP contribution in [-0.4, -0.2) is 15.8 Å². The molecule has 1 N–H and O–H groups in total. The van der Waals surface area contributed by atoms with Crippen LogP contribution >= 0.6 is 0 Å². The summed E-state index contributed by atoms with van der Waals surface area (Å²) in [5.74, 6) is -0.144. The SMILES string of the molecule is CC(=O)Nn1c[n+](Cc2ccccc2)cn1. The first-order valence-electron chi connectivity index (χ1n) is 4.99. The molecule has 0 aliphatic rings. The van der Waals surface area contributed by atoms with Gasteiger partial charge in [0.2, 0.25) is 5.91 Å². The lowest BCUT2D eigenvalue weighted by molar-refractivity contribution is -0.689. The van der Waals surface area contributed by atoms with Gasteiger partial charge in [-0.15, -0.1) is 0 Å². The number of carbonyl (C=O) groups excluding carboxylic acids is 1. The zero-order valence-corrected chi connectivity index (χ0v) is 9.00. The number of rotatable bonds is 3. The Labute approximate surface area is 93.3 Å². The summed E-state index contributed by atoms with van der Waals surface area (Å²) in [4.78, 5) is 12.2. The van der Waals surface area contributed by atoms with E-state index in [1.807, 2.05) is 34.9 Å². The number of carbonyl (C=O) groups is 1. The van der Waals surface area contributed by atoms with E-state index >= 15 is 0 Å². The summed E-state index contributed by atoms with van der Waals surface area (Å²) >= 11 is 0. The highest BCUT2D eigenvalue weighted by Gasteiger charge is 2.06. The second-order valence-electron chi connectivity index (χ2n) is 3.52. The molecular formula is C11H13N4O+. The third-order valence-electron chi connectivity index (χ3n) is 2.06. The predicted molar refractivity (Wildman–Crippen MR) is 58.0 cm³/mol. The molecule has 1 heterocycles. The summed E-state index contributed by atoms with van der Waals surface area (Å²) in [5, 5.41) is 4.00. The van der Waals surface area contributed by atoms with E-state index in [-0.39, 0.29) is 5.91 Å². The topological polar surface area (TPSA) is 50.8 Å². The van der Waals surface area contributed by atoms with Gasteiger partial charge in [0, 0.05) is 6.92 Å². The summed E-state index contributed by atoms with van der Waals surface area (Å²) in [7, 11) is 0. The molecule has 0 spiro atoms. The van der Waals surface area contributed by atoms with Crippen LogP contribution in [0.1, 0.15) is 12.5 Å². The Hall–Kier alpha value is -2.17. The van der Waals surface area contributed by atoms with E-state index in [1.165, 1.54) is 17.3 Å². The second-order valence-corrected chi connectivity index (χ2v) is 3.52.